The van der Waals surface area contributed by atoms with Crippen LogP contribution in [0.25, 0.3) is 0 Å². The lowest BCUT2D eigenvalue weighted by Crippen LogP contribution is -2.37. The van der Waals surface area contributed by atoms with E-state index in [0.29, 0.717) is 6.04 Å². The fourth-order valence-corrected chi connectivity index (χ4v) is 2.76. The molecular formula is C14H22ClN3. The van der Waals surface area contributed by atoms with E-state index in [2.05, 4.69) is 29.0 Å². The lowest BCUT2D eigenvalue weighted by Gasteiger charge is -2.24. The van der Waals surface area contributed by atoms with Gasteiger partial charge in [0.2, 0.25) is 0 Å². The number of hydrogen-bond donors (Lipinski definition) is 1. The van der Waals surface area contributed by atoms with Gasteiger partial charge in [-0.05, 0) is 25.1 Å². The van der Waals surface area contributed by atoms with E-state index in [9.17, 15) is 0 Å². The van der Waals surface area contributed by atoms with Crippen molar-refractivity contribution in [2.75, 3.05) is 33.2 Å². The molecule has 0 aromatic heterocycles. The number of rotatable bonds is 5. The molecule has 1 aromatic carbocycles. The van der Waals surface area contributed by atoms with Crippen LogP contribution in [0.5, 0.6) is 0 Å². The smallest absolute Gasteiger partial charge is 0.0451 e. The van der Waals surface area contributed by atoms with Crippen LogP contribution in [0.1, 0.15) is 12.0 Å². The number of likely N-dealkylation sites (N-methyl/N-ethyl adjacent to an activating group) is 1. The van der Waals surface area contributed by atoms with Crippen LogP contribution >= 0.6 is 11.6 Å². The first-order chi connectivity index (χ1) is 8.70. The van der Waals surface area contributed by atoms with Gasteiger partial charge in [-0.2, -0.15) is 0 Å². The van der Waals surface area contributed by atoms with Crippen molar-refractivity contribution in [1.29, 1.82) is 0 Å². The highest BCUT2D eigenvalue weighted by atomic mass is 35.5. The molecule has 0 aliphatic carbocycles. The topological polar surface area (TPSA) is 32.5 Å². The van der Waals surface area contributed by atoms with Gasteiger partial charge >= 0.3 is 0 Å². The Balaban J connectivity index is 1.88. The van der Waals surface area contributed by atoms with E-state index in [0.717, 1.165) is 37.7 Å². The highest BCUT2D eigenvalue weighted by molar-refractivity contribution is 6.31. The minimum absolute atomic E-state index is 0.635. The van der Waals surface area contributed by atoms with Crippen LogP contribution in [0.4, 0.5) is 0 Å². The largest absolute Gasteiger partial charge is 0.329 e. The Morgan fingerprint density at radius 2 is 2.22 bits per heavy atom. The predicted octanol–water partition coefficient (Wildman–Crippen LogP) is 1.80. The zero-order valence-corrected chi connectivity index (χ0v) is 11.7. The molecule has 1 atom stereocenters. The Morgan fingerprint density at radius 3 is 2.94 bits per heavy atom. The Hall–Kier alpha value is -0.610. The van der Waals surface area contributed by atoms with Crippen molar-refractivity contribution in [2.45, 2.75) is 19.0 Å². The summed E-state index contributed by atoms with van der Waals surface area (Å²) in [4.78, 5) is 4.84. The first kappa shape index (κ1) is 13.8. The minimum atomic E-state index is 0.635. The third-order valence-corrected chi connectivity index (χ3v) is 4.07. The highest BCUT2D eigenvalue weighted by Gasteiger charge is 2.25. The first-order valence-corrected chi connectivity index (χ1v) is 6.94. The molecule has 100 valence electrons. The van der Waals surface area contributed by atoms with Crippen LogP contribution in [0, 0.1) is 0 Å². The van der Waals surface area contributed by atoms with Crippen molar-refractivity contribution in [3.05, 3.63) is 34.9 Å². The van der Waals surface area contributed by atoms with Crippen molar-refractivity contribution in [3.63, 3.8) is 0 Å². The van der Waals surface area contributed by atoms with Crippen molar-refractivity contribution in [1.82, 2.24) is 9.80 Å². The lowest BCUT2D eigenvalue weighted by atomic mass is 10.2. The third-order valence-electron chi connectivity index (χ3n) is 3.70. The van der Waals surface area contributed by atoms with Gasteiger partial charge in [0.1, 0.15) is 0 Å². The summed E-state index contributed by atoms with van der Waals surface area (Å²) in [5.74, 6) is 0. The van der Waals surface area contributed by atoms with E-state index in [4.69, 9.17) is 17.3 Å². The van der Waals surface area contributed by atoms with Gasteiger partial charge < -0.3 is 10.6 Å². The number of likely N-dealkylation sites (tertiary alicyclic amines) is 1. The molecule has 0 bridgehead atoms. The average molecular weight is 268 g/mol. The molecule has 2 N–H and O–H groups in total. The molecule has 1 aliphatic heterocycles. The maximum absolute atomic E-state index is 6.20. The van der Waals surface area contributed by atoms with Gasteiger partial charge in [0.25, 0.3) is 0 Å². The third kappa shape index (κ3) is 3.45. The summed E-state index contributed by atoms with van der Waals surface area (Å²) in [6.07, 6.45) is 1.22. The highest BCUT2D eigenvalue weighted by Crippen LogP contribution is 2.21. The SMILES string of the molecule is CN(CCN)C1CCN(Cc2ccccc2Cl)C1. The summed E-state index contributed by atoms with van der Waals surface area (Å²) >= 11 is 6.20. The van der Waals surface area contributed by atoms with Crippen molar-refractivity contribution in [2.24, 2.45) is 5.73 Å². The van der Waals surface area contributed by atoms with E-state index >= 15 is 0 Å². The molecule has 2 rings (SSSR count). The maximum atomic E-state index is 6.20. The van der Waals surface area contributed by atoms with Crippen LogP contribution in [0.15, 0.2) is 24.3 Å². The lowest BCUT2D eigenvalue weighted by molar-refractivity contribution is 0.234. The van der Waals surface area contributed by atoms with Crippen molar-refractivity contribution >= 4 is 11.6 Å². The van der Waals surface area contributed by atoms with Gasteiger partial charge in [0.15, 0.2) is 0 Å². The number of hydrogen-bond acceptors (Lipinski definition) is 3. The molecule has 1 heterocycles. The Bertz CT molecular complexity index is 383. The fourth-order valence-electron chi connectivity index (χ4n) is 2.57. The van der Waals surface area contributed by atoms with Gasteiger partial charge in [0, 0.05) is 43.8 Å². The molecule has 0 spiro atoms. The second-order valence-electron chi connectivity index (χ2n) is 5.04. The predicted molar refractivity (Wildman–Crippen MR) is 76.8 cm³/mol. The van der Waals surface area contributed by atoms with Gasteiger partial charge in [-0.3, -0.25) is 4.90 Å². The van der Waals surface area contributed by atoms with Crippen molar-refractivity contribution in [3.8, 4) is 0 Å². The zero-order chi connectivity index (χ0) is 13.0. The van der Waals surface area contributed by atoms with Gasteiger partial charge in [-0.1, -0.05) is 29.8 Å². The average Bonchev–Trinajstić information content (AvgIpc) is 2.81. The van der Waals surface area contributed by atoms with Crippen molar-refractivity contribution < 1.29 is 0 Å². The summed E-state index contributed by atoms with van der Waals surface area (Å²) in [5.41, 5.74) is 6.83. The van der Waals surface area contributed by atoms with Gasteiger partial charge in [-0.25, -0.2) is 0 Å². The Labute approximate surface area is 115 Å². The fraction of sp³-hybridized carbons (Fsp3) is 0.571. The van der Waals surface area contributed by atoms with Crippen LogP contribution in [-0.2, 0) is 6.54 Å². The van der Waals surface area contributed by atoms with Crippen LogP contribution in [0.2, 0.25) is 5.02 Å². The molecule has 18 heavy (non-hydrogen) atoms. The summed E-state index contributed by atoms with van der Waals surface area (Å²) in [5, 5.41) is 0.872. The summed E-state index contributed by atoms with van der Waals surface area (Å²) in [6.45, 7) is 4.92. The van der Waals surface area contributed by atoms with E-state index in [1.165, 1.54) is 12.0 Å². The van der Waals surface area contributed by atoms with Gasteiger partial charge in [-0.15, -0.1) is 0 Å². The van der Waals surface area contributed by atoms with Crippen LogP contribution in [-0.4, -0.2) is 49.1 Å². The number of nitrogens with zero attached hydrogens (tertiary/aromatic N) is 2. The molecule has 1 saturated heterocycles. The molecular weight excluding hydrogens is 246 g/mol. The minimum Gasteiger partial charge on any atom is -0.329 e. The Morgan fingerprint density at radius 1 is 1.44 bits per heavy atom. The monoisotopic (exact) mass is 267 g/mol. The van der Waals surface area contributed by atoms with E-state index in [1.54, 1.807) is 0 Å². The molecule has 0 radical (unpaired) electrons. The Kier molecular flexibility index (Phi) is 5.01. The standard InChI is InChI=1S/C14H22ClN3/c1-17(9-7-16)13-6-8-18(11-13)10-12-4-2-3-5-14(12)15/h2-5,13H,6-11,16H2,1H3. The van der Waals surface area contributed by atoms with E-state index in [1.807, 2.05) is 12.1 Å². The molecule has 4 heteroatoms. The van der Waals surface area contributed by atoms with Gasteiger partial charge in [0.05, 0.1) is 0 Å². The number of nitrogens with two attached hydrogens (primary N) is 1. The second-order valence-corrected chi connectivity index (χ2v) is 5.45. The normalized spacial score (nSPS) is 20.8. The second kappa shape index (κ2) is 6.53. The zero-order valence-electron chi connectivity index (χ0n) is 11.0. The maximum Gasteiger partial charge on any atom is 0.0451 e. The summed E-state index contributed by atoms with van der Waals surface area (Å²) < 4.78 is 0. The number of benzene rings is 1. The molecule has 0 amide bonds. The van der Waals surface area contributed by atoms with Crippen LogP contribution in [0.3, 0.4) is 0 Å². The number of halogens is 1. The molecule has 1 unspecified atom stereocenters. The summed E-state index contributed by atoms with van der Waals surface area (Å²) in [6, 6.07) is 8.74. The molecule has 1 aliphatic rings. The van der Waals surface area contributed by atoms with Crippen LogP contribution < -0.4 is 5.73 Å². The van der Waals surface area contributed by atoms with E-state index < -0.39 is 0 Å². The molecule has 0 saturated carbocycles. The molecule has 3 nitrogen and oxygen atoms in total. The molecule has 1 fully saturated rings. The molecule has 1 aromatic rings. The van der Waals surface area contributed by atoms with E-state index in [-0.39, 0.29) is 0 Å². The summed E-state index contributed by atoms with van der Waals surface area (Å²) in [7, 11) is 2.16. The first-order valence-electron chi connectivity index (χ1n) is 6.56. The quantitative estimate of drug-likeness (QED) is 0.883.